The largest absolute Gasteiger partial charge is 0.497 e. The molecule has 0 radical (unpaired) electrons. The van der Waals surface area contributed by atoms with Gasteiger partial charge in [0.2, 0.25) is 0 Å². The number of benzene rings is 1. The maximum atomic E-state index is 14.3. The molecule has 9 heteroatoms. The average Bonchev–Trinajstić information content (AvgIpc) is 2.48. The molecular formula is C15H22Cl2F4N2O. The number of alkyl halides is 3. The Labute approximate surface area is 151 Å². The minimum Gasteiger partial charge on any atom is -0.497 e. The van der Waals surface area contributed by atoms with Crippen molar-refractivity contribution in [1.82, 2.24) is 10.2 Å². The van der Waals surface area contributed by atoms with Crippen LogP contribution in [0.25, 0.3) is 0 Å². The second-order valence-corrected chi connectivity index (χ2v) is 5.34. The molecule has 0 amide bonds. The van der Waals surface area contributed by atoms with Gasteiger partial charge in [-0.05, 0) is 12.5 Å². The standard InChI is InChI=1S/C15H20F4N2O.2ClH/c1-22-11-2-3-12(13(16)10-11)14(4-5-15(17,18)19)21-8-6-20-7-9-21;;/h2-3,10,14,20H,4-9H2,1H3;2*1H/t14-;;/m0../s1. The van der Waals surface area contributed by atoms with E-state index in [1.54, 1.807) is 6.07 Å². The molecule has 1 aliphatic rings. The van der Waals surface area contributed by atoms with E-state index in [4.69, 9.17) is 4.74 Å². The minimum absolute atomic E-state index is 0. The van der Waals surface area contributed by atoms with Gasteiger partial charge >= 0.3 is 6.18 Å². The van der Waals surface area contributed by atoms with Crippen LogP contribution < -0.4 is 10.1 Å². The first-order chi connectivity index (χ1) is 10.4. The Morgan fingerprint density at radius 3 is 2.33 bits per heavy atom. The van der Waals surface area contributed by atoms with Crippen LogP contribution >= 0.6 is 24.8 Å². The van der Waals surface area contributed by atoms with E-state index in [1.807, 2.05) is 4.90 Å². The second kappa shape index (κ2) is 10.3. The Morgan fingerprint density at radius 1 is 1.21 bits per heavy atom. The molecule has 2 rings (SSSR count). The van der Waals surface area contributed by atoms with Crippen LogP contribution in [-0.4, -0.2) is 44.4 Å². The summed E-state index contributed by atoms with van der Waals surface area (Å²) in [4.78, 5) is 1.91. The summed E-state index contributed by atoms with van der Waals surface area (Å²) in [5.74, 6) is -0.166. The number of methoxy groups -OCH3 is 1. The van der Waals surface area contributed by atoms with Gasteiger partial charge in [-0.1, -0.05) is 6.07 Å². The summed E-state index contributed by atoms with van der Waals surface area (Å²) in [7, 11) is 1.42. The van der Waals surface area contributed by atoms with Crippen LogP contribution in [0, 0.1) is 5.82 Å². The zero-order valence-corrected chi connectivity index (χ0v) is 14.9. The Morgan fingerprint density at radius 2 is 1.83 bits per heavy atom. The molecule has 1 aliphatic heterocycles. The fourth-order valence-corrected chi connectivity index (χ4v) is 2.73. The number of hydrogen-bond donors (Lipinski definition) is 1. The Kier molecular flexibility index (Phi) is 9.96. The third-order valence-electron chi connectivity index (χ3n) is 3.86. The first kappa shape index (κ1) is 23.2. The predicted molar refractivity (Wildman–Crippen MR) is 89.9 cm³/mol. The quantitative estimate of drug-likeness (QED) is 0.767. The van der Waals surface area contributed by atoms with E-state index in [1.165, 1.54) is 19.2 Å². The summed E-state index contributed by atoms with van der Waals surface area (Å²) >= 11 is 0. The molecule has 1 heterocycles. The lowest BCUT2D eigenvalue weighted by atomic mass is 9.98. The summed E-state index contributed by atoms with van der Waals surface area (Å²) in [6.45, 7) is 2.60. The van der Waals surface area contributed by atoms with Crippen molar-refractivity contribution in [2.45, 2.75) is 25.1 Å². The molecule has 140 valence electrons. The molecule has 0 unspecified atom stereocenters. The topological polar surface area (TPSA) is 24.5 Å². The molecular weight excluding hydrogens is 371 g/mol. The molecule has 1 aromatic rings. The molecule has 0 aliphatic carbocycles. The number of ether oxygens (including phenoxy) is 1. The van der Waals surface area contributed by atoms with Crippen molar-refractivity contribution in [2.24, 2.45) is 0 Å². The number of nitrogens with one attached hydrogen (secondary N) is 1. The van der Waals surface area contributed by atoms with Gasteiger partial charge in [0.05, 0.1) is 7.11 Å². The molecule has 1 fully saturated rings. The molecule has 3 nitrogen and oxygen atoms in total. The lowest BCUT2D eigenvalue weighted by Gasteiger charge is -2.35. The van der Waals surface area contributed by atoms with E-state index in [-0.39, 0.29) is 31.2 Å². The third-order valence-corrected chi connectivity index (χ3v) is 3.86. The summed E-state index contributed by atoms with van der Waals surface area (Å²) < 4.78 is 56.9. The summed E-state index contributed by atoms with van der Waals surface area (Å²) in [6.07, 6.45) is -5.31. The van der Waals surface area contributed by atoms with Crippen LogP contribution in [0.3, 0.4) is 0 Å². The minimum atomic E-state index is -4.24. The molecule has 0 saturated carbocycles. The summed E-state index contributed by atoms with van der Waals surface area (Å²) in [5, 5.41) is 3.15. The van der Waals surface area contributed by atoms with E-state index in [9.17, 15) is 17.6 Å². The van der Waals surface area contributed by atoms with Crippen molar-refractivity contribution in [1.29, 1.82) is 0 Å². The van der Waals surface area contributed by atoms with Crippen LogP contribution in [0.4, 0.5) is 17.6 Å². The van der Waals surface area contributed by atoms with Gasteiger partial charge in [-0.2, -0.15) is 13.2 Å². The van der Waals surface area contributed by atoms with E-state index in [0.29, 0.717) is 37.5 Å². The van der Waals surface area contributed by atoms with E-state index >= 15 is 0 Å². The van der Waals surface area contributed by atoms with E-state index < -0.39 is 24.5 Å². The second-order valence-electron chi connectivity index (χ2n) is 5.34. The maximum absolute atomic E-state index is 14.3. The highest BCUT2D eigenvalue weighted by molar-refractivity contribution is 5.85. The molecule has 24 heavy (non-hydrogen) atoms. The highest BCUT2D eigenvalue weighted by atomic mass is 35.5. The van der Waals surface area contributed by atoms with Crippen molar-refractivity contribution in [2.75, 3.05) is 33.3 Å². The maximum Gasteiger partial charge on any atom is 0.389 e. The van der Waals surface area contributed by atoms with Crippen LogP contribution in [0.15, 0.2) is 18.2 Å². The normalized spacial score (nSPS) is 16.7. The first-order valence-electron chi connectivity index (χ1n) is 7.25. The lowest BCUT2D eigenvalue weighted by molar-refractivity contribution is -0.138. The van der Waals surface area contributed by atoms with Crippen LogP contribution in [0.2, 0.25) is 0 Å². The Hall–Kier alpha value is -0.760. The molecule has 0 spiro atoms. The monoisotopic (exact) mass is 392 g/mol. The number of halogens is 6. The molecule has 1 N–H and O–H groups in total. The molecule has 1 aromatic carbocycles. The lowest BCUT2D eigenvalue weighted by Crippen LogP contribution is -2.45. The average molecular weight is 393 g/mol. The number of hydrogen-bond acceptors (Lipinski definition) is 3. The van der Waals surface area contributed by atoms with Crippen molar-refractivity contribution < 1.29 is 22.3 Å². The molecule has 1 saturated heterocycles. The van der Waals surface area contributed by atoms with Crippen LogP contribution in [0.5, 0.6) is 5.75 Å². The molecule has 0 aromatic heterocycles. The zero-order valence-electron chi connectivity index (χ0n) is 13.2. The van der Waals surface area contributed by atoms with Crippen molar-refractivity contribution in [3.63, 3.8) is 0 Å². The summed E-state index contributed by atoms with van der Waals surface area (Å²) in [5.41, 5.74) is 0.298. The van der Waals surface area contributed by atoms with Gasteiger partial charge in [-0.3, -0.25) is 4.90 Å². The van der Waals surface area contributed by atoms with Crippen LogP contribution in [0.1, 0.15) is 24.4 Å². The van der Waals surface area contributed by atoms with E-state index in [0.717, 1.165) is 0 Å². The van der Waals surface area contributed by atoms with Gasteiger partial charge in [0.25, 0.3) is 0 Å². The van der Waals surface area contributed by atoms with E-state index in [2.05, 4.69) is 5.32 Å². The van der Waals surface area contributed by atoms with Gasteiger partial charge in [-0.25, -0.2) is 4.39 Å². The van der Waals surface area contributed by atoms with Crippen LogP contribution in [-0.2, 0) is 0 Å². The van der Waals surface area contributed by atoms with Gasteiger partial charge < -0.3 is 10.1 Å². The fraction of sp³-hybridized carbons (Fsp3) is 0.600. The Balaban J connectivity index is 0.00000264. The van der Waals surface area contributed by atoms with Crippen molar-refractivity contribution in [3.05, 3.63) is 29.6 Å². The predicted octanol–water partition coefficient (Wildman–Crippen LogP) is 3.97. The van der Waals surface area contributed by atoms with Gasteiger partial charge in [-0.15, -0.1) is 24.8 Å². The highest BCUT2D eigenvalue weighted by Gasteiger charge is 2.32. The SMILES string of the molecule is COc1ccc([C@H](CCC(F)(F)F)N2CCNCC2)c(F)c1.Cl.Cl. The first-order valence-corrected chi connectivity index (χ1v) is 7.25. The fourth-order valence-electron chi connectivity index (χ4n) is 2.73. The number of piperazine rings is 1. The number of nitrogens with zero attached hydrogens (tertiary/aromatic N) is 1. The molecule has 1 atom stereocenters. The smallest absolute Gasteiger partial charge is 0.389 e. The van der Waals surface area contributed by atoms with Crippen molar-refractivity contribution in [3.8, 4) is 5.75 Å². The van der Waals surface area contributed by atoms with Crippen molar-refractivity contribution >= 4 is 24.8 Å². The third kappa shape index (κ3) is 6.63. The zero-order chi connectivity index (χ0) is 16.2. The van der Waals surface area contributed by atoms with Gasteiger partial charge in [0, 0.05) is 50.3 Å². The highest BCUT2D eigenvalue weighted by Crippen LogP contribution is 2.33. The Bertz CT molecular complexity index is 497. The van der Waals surface area contributed by atoms with Gasteiger partial charge in [0.15, 0.2) is 0 Å². The van der Waals surface area contributed by atoms with Gasteiger partial charge in [0.1, 0.15) is 11.6 Å². The number of rotatable bonds is 5. The molecule has 0 bridgehead atoms. The summed E-state index contributed by atoms with van der Waals surface area (Å²) in [6, 6.07) is 3.76.